The van der Waals surface area contributed by atoms with Crippen LogP contribution in [0.3, 0.4) is 0 Å². The number of aromatic nitrogens is 2. The second-order valence-corrected chi connectivity index (χ2v) is 6.14. The van der Waals surface area contributed by atoms with Gasteiger partial charge in [-0.2, -0.15) is 0 Å². The predicted octanol–water partition coefficient (Wildman–Crippen LogP) is 2.07. The van der Waals surface area contributed by atoms with Crippen molar-refractivity contribution >= 4 is 40.6 Å². The lowest BCUT2D eigenvalue weighted by Crippen LogP contribution is -2.42. The van der Waals surface area contributed by atoms with E-state index in [1.54, 1.807) is 24.1 Å². The number of rotatable bonds is 3. The molecule has 114 valence electrons. The lowest BCUT2D eigenvalue weighted by Gasteiger charge is -2.23. The molecule has 1 aliphatic heterocycles. The van der Waals surface area contributed by atoms with Crippen LogP contribution >= 0.6 is 23.1 Å². The van der Waals surface area contributed by atoms with E-state index in [0.29, 0.717) is 28.6 Å². The minimum atomic E-state index is -0.495. The first-order chi connectivity index (χ1) is 10.6. The summed E-state index contributed by atoms with van der Waals surface area (Å²) < 4.78 is 3.68. The standard InChI is InChI=1S/C14H13ClN4O2S/c1-18(14(21)12-8-16-17-22-12)11-6-7-19(13(11)20)10-5-3-2-4-9(10)15/h2-5,8,11H,6-7H2,1H3. The Kier molecular flexibility index (Phi) is 4.08. The number of benzene rings is 1. The average molecular weight is 337 g/mol. The van der Waals surface area contributed by atoms with E-state index in [4.69, 9.17) is 11.6 Å². The van der Waals surface area contributed by atoms with Crippen LogP contribution < -0.4 is 4.90 Å². The van der Waals surface area contributed by atoms with Crippen LogP contribution in [0.25, 0.3) is 0 Å². The number of halogens is 1. The van der Waals surface area contributed by atoms with Gasteiger partial charge in [0.05, 0.1) is 16.9 Å². The Morgan fingerprint density at radius 2 is 2.23 bits per heavy atom. The van der Waals surface area contributed by atoms with Crippen LogP contribution in [-0.4, -0.2) is 45.9 Å². The van der Waals surface area contributed by atoms with Gasteiger partial charge in [-0.1, -0.05) is 28.2 Å². The molecule has 0 N–H and O–H groups in total. The van der Waals surface area contributed by atoms with Crippen LogP contribution in [-0.2, 0) is 4.79 Å². The lowest BCUT2D eigenvalue weighted by molar-refractivity contribution is -0.120. The summed E-state index contributed by atoms with van der Waals surface area (Å²) in [5.74, 6) is -0.365. The van der Waals surface area contributed by atoms with Gasteiger partial charge in [0.25, 0.3) is 5.91 Å². The van der Waals surface area contributed by atoms with Crippen molar-refractivity contribution in [1.82, 2.24) is 14.5 Å². The molecular formula is C14H13ClN4O2S. The third-order valence-electron chi connectivity index (χ3n) is 3.68. The Morgan fingerprint density at radius 3 is 2.91 bits per heavy atom. The summed E-state index contributed by atoms with van der Waals surface area (Å²) in [4.78, 5) is 28.4. The van der Waals surface area contributed by atoms with Gasteiger partial charge in [0.2, 0.25) is 5.91 Å². The number of carbonyl (C=O) groups excluding carboxylic acids is 2. The summed E-state index contributed by atoms with van der Waals surface area (Å²) in [5.41, 5.74) is 0.678. The minimum absolute atomic E-state index is 0.124. The van der Waals surface area contributed by atoms with Crippen LogP contribution in [0, 0.1) is 0 Å². The zero-order valence-electron chi connectivity index (χ0n) is 11.8. The summed E-state index contributed by atoms with van der Waals surface area (Å²) in [6.45, 7) is 0.534. The van der Waals surface area contributed by atoms with Gasteiger partial charge in [0.1, 0.15) is 10.9 Å². The highest BCUT2D eigenvalue weighted by Gasteiger charge is 2.38. The van der Waals surface area contributed by atoms with Gasteiger partial charge in [-0.05, 0) is 30.1 Å². The normalized spacial score (nSPS) is 17.8. The molecule has 22 heavy (non-hydrogen) atoms. The summed E-state index contributed by atoms with van der Waals surface area (Å²) in [5, 5.41) is 4.18. The molecule has 1 fully saturated rings. The zero-order chi connectivity index (χ0) is 15.7. The van der Waals surface area contributed by atoms with Gasteiger partial charge in [-0.25, -0.2) is 0 Å². The van der Waals surface area contributed by atoms with Crippen molar-refractivity contribution in [2.45, 2.75) is 12.5 Å². The minimum Gasteiger partial charge on any atom is -0.329 e. The number of hydrogen-bond acceptors (Lipinski definition) is 5. The van der Waals surface area contributed by atoms with Crippen molar-refractivity contribution < 1.29 is 9.59 Å². The largest absolute Gasteiger partial charge is 0.329 e. The fourth-order valence-electron chi connectivity index (χ4n) is 2.51. The fourth-order valence-corrected chi connectivity index (χ4v) is 3.25. The van der Waals surface area contributed by atoms with E-state index < -0.39 is 6.04 Å². The van der Waals surface area contributed by atoms with Gasteiger partial charge in [-0.3, -0.25) is 9.59 Å². The van der Waals surface area contributed by atoms with Crippen molar-refractivity contribution in [3.05, 3.63) is 40.4 Å². The second-order valence-electron chi connectivity index (χ2n) is 4.94. The highest BCUT2D eigenvalue weighted by molar-refractivity contribution is 7.07. The lowest BCUT2D eigenvalue weighted by atomic mass is 10.2. The van der Waals surface area contributed by atoms with E-state index in [0.717, 1.165) is 11.5 Å². The number of amides is 2. The van der Waals surface area contributed by atoms with Crippen LogP contribution in [0.4, 0.5) is 5.69 Å². The van der Waals surface area contributed by atoms with E-state index in [-0.39, 0.29) is 11.8 Å². The Balaban J connectivity index is 1.79. The molecule has 0 spiro atoms. The molecule has 2 aromatic rings. The molecular weight excluding hydrogens is 324 g/mol. The van der Waals surface area contributed by atoms with Crippen LogP contribution in [0.15, 0.2) is 30.5 Å². The quantitative estimate of drug-likeness (QED) is 0.860. The molecule has 1 atom stereocenters. The number of carbonyl (C=O) groups is 2. The predicted molar refractivity (Wildman–Crippen MR) is 84.2 cm³/mol. The van der Waals surface area contributed by atoms with Crippen molar-refractivity contribution in [2.24, 2.45) is 0 Å². The molecule has 0 saturated carbocycles. The molecule has 0 radical (unpaired) electrons. The maximum Gasteiger partial charge on any atom is 0.267 e. The van der Waals surface area contributed by atoms with Gasteiger partial charge in [-0.15, -0.1) is 5.10 Å². The number of likely N-dealkylation sites (N-methyl/N-ethyl adjacent to an activating group) is 1. The maximum atomic E-state index is 12.6. The molecule has 2 heterocycles. The topological polar surface area (TPSA) is 66.4 Å². The molecule has 3 rings (SSSR count). The van der Waals surface area contributed by atoms with E-state index in [1.807, 2.05) is 12.1 Å². The summed E-state index contributed by atoms with van der Waals surface area (Å²) >= 11 is 7.17. The Bertz CT molecular complexity index is 707. The second kappa shape index (κ2) is 6.02. The molecule has 1 aromatic carbocycles. The summed E-state index contributed by atoms with van der Waals surface area (Å²) in [7, 11) is 1.63. The van der Waals surface area contributed by atoms with E-state index in [2.05, 4.69) is 9.59 Å². The Labute approximate surface area is 136 Å². The smallest absolute Gasteiger partial charge is 0.267 e. The number of anilines is 1. The molecule has 6 nitrogen and oxygen atoms in total. The molecule has 0 aliphatic carbocycles. The molecule has 2 amide bonds. The van der Waals surface area contributed by atoms with Crippen LogP contribution in [0.5, 0.6) is 0 Å². The molecule has 1 saturated heterocycles. The molecule has 0 bridgehead atoms. The van der Waals surface area contributed by atoms with Crippen molar-refractivity contribution in [2.75, 3.05) is 18.5 Å². The average Bonchev–Trinajstić information content (AvgIpc) is 3.16. The monoisotopic (exact) mass is 336 g/mol. The molecule has 8 heteroatoms. The van der Waals surface area contributed by atoms with E-state index >= 15 is 0 Å². The maximum absolute atomic E-state index is 12.6. The first-order valence-electron chi connectivity index (χ1n) is 6.70. The highest BCUT2D eigenvalue weighted by Crippen LogP contribution is 2.30. The SMILES string of the molecule is CN(C(=O)c1cnns1)C1CCN(c2ccccc2Cl)C1=O. The van der Waals surface area contributed by atoms with Crippen molar-refractivity contribution in [3.8, 4) is 0 Å². The third-order valence-corrected chi connectivity index (χ3v) is 4.65. The Hall–Kier alpha value is -1.99. The van der Waals surface area contributed by atoms with Gasteiger partial charge >= 0.3 is 0 Å². The van der Waals surface area contributed by atoms with Gasteiger partial charge in [0.15, 0.2) is 0 Å². The molecule has 1 aromatic heterocycles. The van der Waals surface area contributed by atoms with Crippen LogP contribution in [0.1, 0.15) is 16.1 Å². The van der Waals surface area contributed by atoms with Crippen LogP contribution in [0.2, 0.25) is 5.02 Å². The van der Waals surface area contributed by atoms with Gasteiger partial charge < -0.3 is 9.80 Å². The van der Waals surface area contributed by atoms with Gasteiger partial charge in [0, 0.05) is 13.6 Å². The summed E-state index contributed by atoms with van der Waals surface area (Å²) in [6, 6.07) is 6.70. The third kappa shape index (κ3) is 2.57. The van der Waals surface area contributed by atoms with E-state index in [9.17, 15) is 9.59 Å². The van der Waals surface area contributed by atoms with E-state index in [1.165, 1.54) is 11.1 Å². The number of nitrogens with zero attached hydrogens (tertiary/aromatic N) is 4. The summed E-state index contributed by atoms with van der Waals surface area (Å²) in [6.07, 6.45) is 1.98. The van der Waals surface area contributed by atoms with Crippen molar-refractivity contribution in [3.63, 3.8) is 0 Å². The zero-order valence-corrected chi connectivity index (χ0v) is 13.3. The first-order valence-corrected chi connectivity index (χ1v) is 7.85. The number of para-hydroxylation sites is 1. The van der Waals surface area contributed by atoms with Crippen molar-refractivity contribution in [1.29, 1.82) is 0 Å². The highest BCUT2D eigenvalue weighted by atomic mass is 35.5. The number of hydrogen-bond donors (Lipinski definition) is 0. The molecule has 1 unspecified atom stereocenters. The fraction of sp³-hybridized carbons (Fsp3) is 0.286. The Morgan fingerprint density at radius 1 is 1.45 bits per heavy atom. The molecule has 1 aliphatic rings. The first kappa shape index (κ1) is 14.9.